The molecule has 0 aliphatic carbocycles. The van der Waals surface area contributed by atoms with E-state index in [2.05, 4.69) is 20.5 Å². The largest absolute Gasteiger partial charge is 0.493 e. The summed E-state index contributed by atoms with van der Waals surface area (Å²) in [5.74, 6) is 1.19. The minimum atomic E-state index is -0.555. The summed E-state index contributed by atoms with van der Waals surface area (Å²) in [4.78, 5) is 19.2. The predicted octanol–water partition coefficient (Wildman–Crippen LogP) is 5.00. The molecule has 0 fully saturated rings. The number of nitrogens with zero attached hydrogens (tertiary/aromatic N) is 3. The summed E-state index contributed by atoms with van der Waals surface area (Å²) in [5.41, 5.74) is 4.60. The van der Waals surface area contributed by atoms with Crippen molar-refractivity contribution in [3.63, 3.8) is 0 Å². The van der Waals surface area contributed by atoms with Crippen molar-refractivity contribution in [2.75, 3.05) is 12.5 Å². The first kappa shape index (κ1) is 23.5. The molecule has 0 spiro atoms. The van der Waals surface area contributed by atoms with Crippen LogP contribution in [0, 0.1) is 11.3 Å². The molecule has 4 aromatic rings. The highest BCUT2D eigenvalue weighted by Crippen LogP contribution is 2.29. The number of anilines is 1. The number of nitriles is 1. The topological polar surface area (TPSA) is 112 Å². The second-order valence-electron chi connectivity index (χ2n) is 7.28. The number of aromatic amines is 1. The molecule has 3 aromatic carbocycles. The van der Waals surface area contributed by atoms with Gasteiger partial charge in [0.15, 0.2) is 11.5 Å². The average molecular weight is 486 g/mol. The van der Waals surface area contributed by atoms with Crippen LogP contribution in [0.4, 0.5) is 5.95 Å². The maximum absolute atomic E-state index is 12.4. The van der Waals surface area contributed by atoms with Crippen molar-refractivity contribution in [3.8, 4) is 28.8 Å². The van der Waals surface area contributed by atoms with Crippen LogP contribution >= 0.6 is 11.6 Å². The van der Waals surface area contributed by atoms with Crippen molar-refractivity contribution in [1.82, 2.24) is 9.97 Å². The third-order valence-corrected chi connectivity index (χ3v) is 5.36. The van der Waals surface area contributed by atoms with Gasteiger partial charge in [0.25, 0.3) is 5.56 Å². The molecule has 2 N–H and O–H groups in total. The van der Waals surface area contributed by atoms with E-state index >= 15 is 0 Å². The SMILES string of the molecule is COc1cc(C=NNc2nc(-c3ccccc3)c(C#N)c(=O)[nH]2)ccc1OCc1ccccc1Cl. The second kappa shape index (κ2) is 11.0. The number of hydrazone groups is 1. The molecule has 0 radical (unpaired) electrons. The molecule has 1 aromatic heterocycles. The normalized spacial score (nSPS) is 10.7. The number of H-pyrrole nitrogens is 1. The molecular weight excluding hydrogens is 466 g/mol. The lowest BCUT2D eigenvalue weighted by Gasteiger charge is -2.12. The fourth-order valence-corrected chi connectivity index (χ4v) is 3.45. The molecule has 35 heavy (non-hydrogen) atoms. The van der Waals surface area contributed by atoms with Crippen LogP contribution in [-0.2, 0) is 6.61 Å². The van der Waals surface area contributed by atoms with E-state index in [-0.39, 0.29) is 17.2 Å². The van der Waals surface area contributed by atoms with E-state index in [0.717, 1.165) is 11.1 Å². The van der Waals surface area contributed by atoms with Gasteiger partial charge in [0.2, 0.25) is 5.95 Å². The van der Waals surface area contributed by atoms with Crippen LogP contribution in [-0.4, -0.2) is 23.3 Å². The van der Waals surface area contributed by atoms with Gasteiger partial charge in [-0.15, -0.1) is 0 Å². The average Bonchev–Trinajstić information content (AvgIpc) is 2.88. The Labute approximate surface area is 206 Å². The third kappa shape index (κ3) is 5.66. The maximum atomic E-state index is 12.4. The monoisotopic (exact) mass is 485 g/mol. The Hall–Kier alpha value is -4.61. The summed E-state index contributed by atoms with van der Waals surface area (Å²) < 4.78 is 11.3. The summed E-state index contributed by atoms with van der Waals surface area (Å²) in [6.45, 7) is 0.298. The standard InChI is InChI=1S/C26H20ClN5O3/c1-34-23-13-17(11-12-22(23)35-16-19-9-5-6-10-21(19)27)15-29-32-26-30-24(18-7-3-2-4-8-18)20(14-28)25(33)31-26/h2-13,15H,16H2,1H3,(H2,30,31,32,33). The van der Waals surface area contributed by atoms with Crippen LogP contribution in [0.1, 0.15) is 16.7 Å². The summed E-state index contributed by atoms with van der Waals surface area (Å²) in [7, 11) is 1.55. The van der Waals surface area contributed by atoms with Gasteiger partial charge in [-0.3, -0.25) is 9.78 Å². The first-order valence-corrected chi connectivity index (χ1v) is 10.9. The zero-order valence-corrected chi connectivity index (χ0v) is 19.4. The molecule has 1 heterocycles. The summed E-state index contributed by atoms with van der Waals surface area (Å²) in [5, 5.41) is 14.2. The summed E-state index contributed by atoms with van der Waals surface area (Å²) >= 11 is 6.19. The van der Waals surface area contributed by atoms with Crippen LogP contribution in [0.25, 0.3) is 11.3 Å². The second-order valence-corrected chi connectivity index (χ2v) is 7.68. The lowest BCUT2D eigenvalue weighted by molar-refractivity contribution is 0.284. The predicted molar refractivity (Wildman–Crippen MR) is 135 cm³/mol. The quantitative estimate of drug-likeness (QED) is 0.268. The van der Waals surface area contributed by atoms with Crippen LogP contribution in [0.15, 0.2) is 82.7 Å². The molecule has 0 amide bonds. The summed E-state index contributed by atoms with van der Waals surface area (Å²) in [6, 6.07) is 23.7. The van der Waals surface area contributed by atoms with E-state index in [1.54, 1.807) is 55.8 Å². The molecule has 0 saturated heterocycles. The number of halogens is 1. The van der Waals surface area contributed by atoms with Gasteiger partial charge in [-0.25, -0.2) is 10.4 Å². The number of hydrogen-bond acceptors (Lipinski definition) is 7. The Morgan fingerprint density at radius 3 is 2.63 bits per heavy atom. The zero-order chi connectivity index (χ0) is 24.6. The molecule has 0 atom stereocenters. The Balaban J connectivity index is 1.50. The van der Waals surface area contributed by atoms with Crippen molar-refractivity contribution in [3.05, 3.63) is 105 Å². The molecule has 0 unspecified atom stereocenters. The van der Waals surface area contributed by atoms with Gasteiger partial charge in [-0.2, -0.15) is 10.4 Å². The first-order valence-electron chi connectivity index (χ1n) is 10.5. The number of aromatic nitrogens is 2. The maximum Gasteiger partial charge on any atom is 0.270 e. The van der Waals surface area contributed by atoms with Crippen molar-refractivity contribution >= 4 is 23.8 Å². The van der Waals surface area contributed by atoms with Crippen LogP contribution in [0.5, 0.6) is 11.5 Å². The molecule has 8 nitrogen and oxygen atoms in total. The van der Waals surface area contributed by atoms with Gasteiger partial charge in [0, 0.05) is 16.1 Å². The number of rotatable bonds is 8. The van der Waals surface area contributed by atoms with Gasteiger partial charge in [0.05, 0.1) is 19.0 Å². The number of methoxy groups -OCH3 is 1. The number of nitrogens with one attached hydrogen (secondary N) is 2. The van der Waals surface area contributed by atoms with Gasteiger partial charge in [0.1, 0.15) is 18.2 Å². The molecule has 0 saturated carbocycles. The molecular formula is C26H20ClN5O3. The van der Waals surface area contributed by atoms with Crippen molar-refractivity contribution < 1.29 is 9.47 Å². The zero-order valence-electron chi connectivity index (χ0n) is 18.7. The van der Waals surface area contributed by atoms with Gasteiger partial charge < -0.3 is 9.47 Å². The van der Waals surface area contributed by atoms with Crippen molar-refractivity contribution in [1.29, 1.82) is 5.26 Å². The third-order valence-electron chi connectivity index (χ3n) is 4.99. The number of benzene rings is 3. The fourth-order valence-electron chi connectivity index (χ4n) is 3.26. The van der Waals surface area contributed by atoms with E-state index in [1.807, 2.05) is 36.4 Å². The fraction of sp³-hybridized carbons (Fsp3) is 0.0769. The van der Waals surface area contributed by atoms with Crippen molar-refractivity contribution in [2.45, 2.75) is 6.61 Å². The van der Waals surface area contributed by atoms with Crippen molar-refractivity contribution in [2.24, 2.45) is 5.10 Å². The van der Waals surface area contributed by atoms with Gasteiger partial charge in [-0.05, 0) is 29.8 Å². The molecule has 9 heteroatoms. The smallest absolute Gasteiger partial charge is 0.270 e. The highest BCUT2D eigenvalue weighted by Gasteiger charge is 2.13. The molecule has 0 aliphatic heterocycles. The minimum absolute atomic E-state index is 0.0668. The van der Waals surface area contributed by atoms with Gasteiger partial charge >= 0.3 is 0 Å². The first-order chi connectivity index (χ1) is 17.1. The van der Waals surface area contributed by atoms with Crippen LogP contribution in [0.2, 0.25) is 5.02 Å². The highest BCUT2D eigenvalue weighted by atomic mass is 35.5. The lowest BCUT2D eigenvalue weighted by Crippen LogP contribution is -2.16. The Morgan fingerprint density at radius 1 is 1.11 bits per heavy atom. The summed E-state index contributed by atoms with van der Waals surface area (Å²) in [6.07, 6.45) is 1.54. The van der Waals surface area contributed by atoms with E-state index < -0.39 is 5.56 Å². The van der Waals surface area contributed by atoms with E-state index in [9.17, 15) is 10.1 Å². The Morgan fingerprint density at radius 2 is 1.89 bits per heavy atom. The number of hydrogen-bond donors (Lipinski definition) is 2. The Bertz CT molecular complexity index is 1460. The molecule has 4 rings (SSSR count). The van der Waals surface area contributed by atoms with Crippen LogP contribution < -0.4 is 20.5 Å². The highest BCUT2D eigenvalue weighted by molar-refractivity contribution is 6.31. The molecule has 174 valence electrons. The minimum Gasteiger partial charge on any atom is -0.493 e. The molecule has 0 aliphatic rings. The number of ether oxygens (including phenoxy) is 2. The van der Waals surface area contributed by atoms with Gasteiger partial charge in [-0.1, -0.05) is 60.1 Å². The van der Waals surface area contributed by atoms with E-state index in [0.29, 0.717) is 28.7 Å². The molecule has 0 bridgehead atoms. The Kier molecular flexibility index (Phi) is 7.40. The van der Waals surface area contributed by atoms with E-state index in [1.165, 1.54) is 0 Å². The van der Waals surface area contributed by atoms with E-state index in [4.69, 9.17) is 21.1 Å². The van der Waals surface area contributed by atoms with Crippen LogP contribution in [0.3, 0.4) is 0 Å². The lowest BCUT2D eigenvalue weighted by atomic mass is 10.1.